The van der Waals surface area contributed by atoms with E-state index >= 15 is 0 Å². The summed E-state index contributed by atoms with van der Waals surface area (Å²) in [7, 11) is -1.64. The predicted molar refractivity (Wildman–Crippen MR) is 130 cm³/mol. The van der Waals surface area contributed by atoms with Crippen LogP contribution in [0.3, 0.4) is 0 Å². The van der Waals surface area contributed by atoms with Crippen LogP contribution in [0.25, 0.3) is 0 Å². The molecule has 148 valence electrons. The van der Waals surface area contributed by atoms with Crippen LogP contribution in [-0.2, 0) is 4.43 Å². The number of rotatable bonds is 7. The van der Waals surface area contributed by atoms with Gasteiger partial charge in [0, 0.05) is 18.3 Å². The molecule has 0 atom stereocenters. The van der Waals surface area contributed by atoms with Crippen LogP contribution in [-0.4, -0.2) is 20.2 Å². The summed E-state index contributed by atoms with van der Waals surface area (Å²) in [5, 5.41) is 14.9. The Labute approximate surface area is 175 Å². The summed E-state index contributed by atoms with van der Waals surface area (Å²) in [5.41, 5.74) is 0. The van der Waals surface area contributed by atoms with Gasteiger partial charge in [0.2, 0.25) is 0 Å². The molecule has 0 unspecified atom stereocenters. The van der Waals surface area contributed by atoms with E-state index < -0.39 is 15.2 Å². The lowest BCUT2D eigenvalue weighted by Gasteiger charge is -2.31. The SMILES string of the molecule is C[Si](C)(C)OCCC(C#N)=P(c1ccccc1)(c1ccccc1)c1ccccc1. The molecule has 3 rings (SSSR count). The molecule has 29 heavy (non-hydrogen) atoms. The van der Waals surface area contributed by atoms with Crippen LogP contribution in [0.2, 0.25) is 19.6 Å². The third-order valence-electron chi connectivity index (χ3n) is 4.84. The van der Waals surface area contributed by atoms with E-state index in [-0.39, 0.29) is 0 Å². The van der Waals surface area contributed by atoms with E-state index in [1.807, 2.05) is 18.2 Å². The molecule has 0 radical (unpaired) electrons. The number of benzene rings is 3. The number of nitrogens with zero attached hydrogens (tertiary/aromatic N) is 1. The van der Waals surface area contributed by atoms with E-state index in [1.54, 1.807) is 0 Å². The van der Waals surface area contributed by atoms with Gasteiger partial charge >= 0.3 is 0 Å². The quantitative estimate of drug-likeness (QED) is 0.404. The van der Waals surface area contributed by atoms with Gasteiger partial charge in [-0.25, -0.2) is 0 Å². The second-order valence-electron chi connectivity index (χ2n) is 7.95. The Morgan fingerprint density at radius 3 is 1.45 bits per heavy atom. The first kappa shape index (κ1) is 21.3. The Morgan fingerprint density at radius 2 is 1.14 bits per heavy atom. The van der Waals surface area contributed by atoms with Crippen LogP contribution < -0.4 is 15.9 Å². The number of hydrogen-bond donors (Lipinski definition) is 0. The summed E-state index contributed by atoms with van der Waals surface area (Å²) in [4.78, 5) is 0. The Kier molecular flexibility index (Phi) is 6.93. The molecular formula is C25H28NOPSi. The Balaban J connectivity index is 2.34. The molecule has 0 aromatic heterocycles. The van der Waals surface area contributed by atoms with Gasteiger partial charge in [-0.2, -0.15) is 5.26 Å². The van der Waals surface area contributed by atoms with Crippen LogP contribution >= 0.6 is 6.89 Å². The van der Waals surface area contributed by atoms with Crippen LogP contribution in [0, 0.1) is 11.3 Å². The normalized spacial score (nSPS) is 11.7. The van der Waals surface area contributed by atoms with Gasteiger partial charge in [-0.1, -0.05) is 91.0 Å². The minimum Gasteiger partial charge on any atom is -0.417 e. The van der Waals surface area contributed by atoms with Gasteiger partial charge in [0.15, 0.2) is 8.32 Å². The molecule has 0 amide bonds. The summed E-state index contributed by atoms with van der Waals surface area (Å²) < 4.78 is 6.15. The fourth-order valence-electron chi connectivity index (χ4n) is 3.62. The maximum atomic E-state index is 10.4. The van der Waals surface area contributed by atoms with Crippen molar-refractivity contribution in [2.45, 2.75) is 26.1 Å². The molecule has 0 saturated carbocycles. The molecule has 0 N–H and O–H groups in total. The minimum atomic E-state index is -2.25. The summed E-state index contributed by atoms with van der Waals surface area (Å²) in [6, 6.07) is 34.2. The monoisotopic (exact) mass is 417 g/mol. The molecule has 0 saturated heterocycles. The van der Waals surface area contributed by atoms with Gasteiger partial charge in [-0.05, 0) is 42.4 Å². The highest BCUT2D eigenvalue weighted by Gasteiger charge is 2.30. The minimum absolute atomic E-state index is 0.590. The first-order chi connectivity index (χ1) is 14.0. The van der Waals surface area contributed by atoms with Crippen molar-refractivity contribution in [3.63, 3.8) is 0 Å². The lowest BCUT2D eigenvalue weighted by atomic mass is 10.3. The smallest absolute Gasteiger partial charge is 0.183 e. The maximum Gasteiger partial charge on any atom is 0.183 e. The van der Waals surface area contributed by atoms with E-state index in [2.05, 4.69) is 98.5 Å². The predicted octanol–water partition coefficient (Wildman–Crippen LogP) is 4.92. The lowest BCUT2D eigenvalue weighted by molar-refractivity contribution is 0.324. The van der Waals surface area contributed by atoms with Gasteiger partial charge in [0.05, 0.1) is 6.07 Å². The van der Waals surface area contributed by atoms with E-state index in [1.165, 1.54) is 15.9 Å². The lowest BCUT2D eigenvalue weighted by Crippen LogP contribution is -2.31. The summed E-state index contributed by atoms with van der Waals surface area (Å²) >= 11 is 0. The van der Waals surface area contributed by atoms with Gasteiger partial charge in [-0.15, -0.1) is 0 Å². The number of hydrogen-bond acceptors (Lipinski definition) is 2. The summed E-state index contributed by atoms with van der Waals surface area (Å²) in [5.74, 6) is 0. The van der Waals surface area contributed by atoms with Crippen LogP contribution in [0.1, 0.15) is 6.42 Å². The van der Waals surface area contributed by atoms with Crippen molar-refractivity contribution >= 4 is 36.4 Å². The fraction of sp³-hybridized carbons (Fsp3) is 0.200. The highest BCUT2D eigenvalue weighted by atomic mass is 31.2. The second kappa shape index (κ2) is 9.42. The zero-order valence-electron chi connectivity index (χ0n) is 17.4. The first-order valence-electron chi connectivity index (χ1n) is 9.95. The van der Waals surface area contributed by atoms with E-state index in [0.29, 0.717) is 13.0 Å². The third-order valence-corrected chi connectivity index (χ3v) is 10.3. The fourth-order valence-corrected chi connectivity index (χ4v) is 8.60. The Morgan fingerprint density at radius 1 is 0.759 bits per heavy atom. The molecule has 0 fully saturated rings. The average Bonchev–Trinajstić information content (AvgIpc) is 2.74. The highest BCUT2D eigenvalue weighted by molar-refractivity contribution is 7.95. The van der Waals surface area contributed by atoms with Crippen molar-refractivity contribution in [3.8, 4) is 6.07 Å². The van der Waals surface area contributed by atoms with Crippen molar-refractivity contribution in [1.82, 2.24) is 0 Å². The summed E-state index contributed by atoms with van der Waals surface area (Å²) in [6.07, 6.45) is 0.646. The molecule has 0 aliphatic heterocycles. The molecule has 3 aromatic carbocycles. The zero-order chi connectivity index (χ0) is 20.7. The Bertz CT molecular complexity index is 916. The van der Waals surface area contributed by atoms with E-state index in [4.69, 9.17) is 4.43 Å². The highest BCUT2D eigenvalue weighted by Crippen LogP contribution is 2.46. The van der Waals surface area contributed by atoms with Crippen LogP contribution in [0.5, 0.6) is 0 Å². The summed E-state index contributed by atoms with van der Waals surface area (Å²) in [6.45, 7) is 4.90. The molecule has 0 bridgehead atoms. The Hall–Kier alpha value is -2.37. The van der Waals surface area contributed by atoms with E-state index in [0.717, 1.165) is 5.29 Å². The van der Waals surface area contributed by atoms with Crippen molar-refractivity contribution in [3.05, 3.63) is 91.0 Å². The molecular weight excluding hydrogens is 389 g/mol. The second-order valence-corrected chi connectivity index (χ2v) is 15.9. The van der Waals surface area contributed by atoms with Gasteiger partial charge in [0.1, 0.15) is 0 Å². The van der Waals surface area contributed by atoms with Crippen molar-refractivity contribution < 1.29 is 4.43 Å². The third kappa shape index (κ3) is 4.79. The van der Waals surface area contributed by atoms with Gasteiger partial charge < -0.3 is 4.43 Å². The molecule has 4 heteroatoms. The van der Waals surface area contributed by atoms with Crippen molar-refractivity contribution in [2.75, 3.05) is 6.61 Å². The van der Waals surface area contributed by atoms with Gasteiger partial charge in [0.25, 0.3) is 0 Å². The van der Waals surface area contributed by atoms with Crippen molar-refractivity contribution in [1.29, 1.82) is 5.26 Å². The molecule has 0 aliphatic carbocycles. The molecule has 0 spiro atoms. The molecule has 0 aliphatic rings. The standard InChI is InChI=1S/C25H28NOPSi/c1-29(2,3)27-20-19-25(21-26)28(22-13-7-4-8-14-22,23-15-9-5-10-16-23)24-17-11-6-12-18-24/h4-18H,19-20H2,1-3H3. The van der Waals surface area contributed by atoms with E-state index in [9.17, 15) is 5.26 Å². The zero-order valence-corrected chi connectivity index (χ0v) is 19.3. The average molecular weight is 418 g/mol. The first-order valence-corrected chi connectivity index (χ1v) is 15.1. The van der Waals surface area contributed by atoms with Crippen LogP contribution in [0.15, 0.2) is 91.0 Å². The molecule has 3 aromatic rings. The number of nitriles is 1. The molecule has 0 heterocycles. The largest absolute Gasteiger partial charge is 0.417 e. The maximum absolute atomic E-state index is 10.4. The van der Waals surface area contributed by atoms with Crippen molar-refractivity contribution in [2.24, 2.45) is 0 Å². The van der Waals surface area contributed by atoms with Crippen LogP contribution in [0.4, 0.5) is 0 Å². The topological polar surface area (TPSA) is 33.0 Å². The molecule has 2 nitrogen and oxygen atoms in total. The van der Waals surface area contributed by atoms with Gasteiger partial charge in [-0.3, -0.25) is 0 Å².